The van der Waals surface area contributed by atoms with E-state index in [1.165, 1.54) is 88.3 Å². The summed E-state index contributed by atoms with van der Waals surface area (Å²) in [5, 5.41) is 5.27. The van der Waals surface area contributed by atoms with Crippen molar-refractivity contribution in [3.63, 3.8) is 0 Å². The molecule has 0 aliphatic heterocycles. The van der Waals surface area contributed by atoms with Gasteiger partial charge in [-0.15, -0.1) is 71.0 Å². The summed E-state index contributed by atoms with van der Waals surface area (Å²) >= 11 is 1.55. The number of benzene rings is 8. The SMILES string of the molecule is CC(C)(C)c1cc2c(cc1-c1ccccc1-c1ccccc1)[cH-]c1cc(-c3ccccc3-c3ccccc3)c(C(C)(C)C)cc12.Cl.Cl.[C-]1=CC=CC1.[Zr+2]=[C](Cc1ccccc1)Cc1ccccc1. The van der Waals surface area contributed by atoms with Gasteiger partial charge < -0.3 is 0 Å². The Morgan fingerprint density at radius 3 is 1.13 bits per heavy atom. The van der Waals surface area contributed by atoms with Crippen LogP contribution in [0.1, 0.15) is 70.2 Å². The van der Waals surface area contributed by atoms with E-state index in [0.717, 1.165) is 19.3 Å². The summed E-state index contributed by atoms with van der Waals surface area (Å²) in [5.74, 6) is 0. The first-order chi connectivity index (χ1) is 31.9. The van der Waals surface area contributed by atoms with Gasteiger partial charge in [-0.25, -0.2) is 12.2 Å². The van der Waals surface area contributed by atoms with Crippen molar-refractivity contribution in [1.82, 2.24) is 0 Å². The third-order valence-corrected chi connectivity index (χ3v) is 13.2. The molecule has 10 rings (SSSR count). The van der Waals surface area contributed by atoms with Crippen LogP contribution in [0.4, 0.5) is 0 Å². The number of allylic oxidation sites excluding steroid dienone is 4. The van der Waals surface area contributed by atoms with Gasteiger partial charge in [-0.05, 0) is 66.5 Å². The molecular weight excluding hydrogens is 943 g/mol. The number of rotatable bonds is 8. The Kier molecular flexibility index (Phi) is 18.0. The molecule has 9 aromatic carbocycles. The van der Waals surface area contributed by atoms with E-state index in [2.05, 4.69) is 254 Å². The third-order valence-electron chi connectivity index (χ3n) is 12.3. The fourth-order valence-electron chi connectivity index (χ4n) is 9.05. The van der Waals surface area contributed by atoms with Gasteiger partial charge >= 0.3 is 112 Å². The van der Waals surface area contributed by atoms with Crippen molar-refractivity contribution >= 4 is 49.6 Å². The summed E-state index contributed by atoms with van der Waals surface area (Å²) in [5.41, 5.74) is 15.8. The van der Waals surface area contributed by atoms with Crippen LogP contribution < -0.4 is 0 Å². The van der Waals surface area contributed by atoms with Crippen molar-refractivity contribution in [3.05, 3.63) is 247 Å². The van der Waals surface area contributed by atoms with Gasteiger partial charge in [0.1, 0.15) is 0 Å². The molecule has 3 heteroatoms. The molecule has 0 amide bonds. The molecule has 0 N–H and O–H groups in total. The summed E-state index contributed by atoms with van der Waals surface area (Å²) in [6, 6.07) is 73.0. The van der Waals surface area contributed by atoms with Crippen LogP contribution in [0.5, 0.6) is 0 Å². The molecule has 0 bridgehead atoms. The second-order valence-corrected chi connectivity index (χ2v) is 21.1. The number of hydrogen-bond donors (Lipinski definition) is 0. The first kappa shape index (κ1) is 51.8. The molecule has 68 heavy (non-hydrogen) atoms. The van der Waals surface area contributed by atoms with Crippen LogP contribution in [0, 0.1) is 6.08 Å². The molecular formula is C65H62Cl2Zr. The Labute approximate surface area is 433 Å². The van der Waals surface area contributed by atoms with E-state index in [1.54, 1.807) is 27.4 Å². The van der Waals surface area contributed by atoms with Gasteiger partial charge in [0.05, 0.1) is 0 Å². The molecule has 9 aromatic rings. The molecule has 0 heterocycles. The van der Waals surface area contributed by atoms with E-state index in [0.29, 0.717) is 0 Å². The minimum absolute atomic E-state index is 0. The van der Waals surface area contributed by atoms with Crippen LogP contribution in [0.3, 0.4) is 0 Å². The average Bonchev–Trinajstić information content (AvgIpc) is 4.04. The standard InChI is InChI=1S/C45H41.C15H14.C5H5.2ClH.Zr/c1-44(2,3)42-28-38-32(26-40(42)36-23-15-13-21-34(36)30-17-9-7-10-18-30)25-33-27-41(43(29-39(33)38)45(4,5)6)37-24-16-14-22-35(37)31-19-11-8-12-20-31;1-3-8-14(9-4-1)12-7-13-15-10-5-2-6-11-15;1-2-4-5-3-1;;;/h7-29H,1-6H3;1-6,8-11H,12-13H2;1-3H,4H2;2*1H;/q-1;;-1;;;+2. The summed E-state index contributed by atoms with van der Waals surface area (Å²) < 4.78 is 1.60. The molecule has 1 aliphatic rings. The van der Waals surface area contributed by atoms with Gasteiger partial charge in [0.2, 0.25) is 0 Å². The zero-order valence-corrected chi connectivity index (χ0v) is 44.3. The monoisotopic (exact) mass is 1000 g/mol. The average molecular weight is 1010 g/mol. The van der Waals surface area contributed by atoms with Gasteiger partial charge in [0.15, 0.2) is 0 Å². The normalized spacial score (nSPS) is 11.8. The number of halogens is 2. The Hall–Kier alpha value is -5.56. The Bertz CT molecular complexity index is 2900. The van der Waals surface area contributed by atoms with Crippen LogP contribution in [0.25, 0.3) is 66.1 Å². The first-order valence-corrected chi connectivity index (χ1v) is 24.5. The molecule has 0 fully saturated rings. The van der Waals surface area contributed by atoms with Crippen LogP contribution in [-0.2, 0) is 47.9 Å². The van der Waals surface area contributed by atoms with Gasteiger partial charge in [-0.3, -0.25) is 6.08 Å². The molecule has 0 radical (unpaired) electrons. The molecule has 1 aliphatic carbocycles. The van der Waals surface area contributed by atoms with E-state index in [9.17, 15) is 0 Å². The predicted octanol–water partition coefficient (Wildman–Crippen LogP) is 18.3. The second kappa shape index (κ2) is 23.6. The van der Waals surface area contributed by atoms with Crippen LogP contribution in [0.15, 0.2) is 218 Å². The predicted molar refractivity (Wildman–Crippen MR) is 298 cm³/mol. The van der Waals surface area contributed by atoms with Gasteiger partial charge in [0.25, 0.3) is 0 Å². The topological polar surface area (TPSA) is 0 Å². The van der Waals surface area contributed by atoms with E-state index in [-0.39, 0.29) is 35.6 Å². The van der Waals surface area contributed by atoms with Crippen LogP contribution in [0.2, 0.25) is 0 Å². The molecule has 0 saturated carbocycles. The molecule has 0 spiro atoms. The first-order valence-electron chi connectivity index (χ1n) is 23.3. The fourth-order valence-corrected chi connectivity index (χ4v) is 10.1. The maximum atomic E-state index is 2.99. The van der Waals surface area contributed by atoms with Crippen LogP contribution in [-0.4, -0.2) is 3.21 Å². The Balaban J connectivity index is 0.000000274. The molecule has 0 saturated heterocycles. The van der Waals surface area contributed by atoms with Gasteiger partial charge in [0, 0.05) is 0 Å². The van der Waals surface area contributed by atoms with Crippen molar-refractivity contribution in [2.75, 3.05) is 0 Å². The Morgan fingerprint density at radius 1 is 0.456 bits per heavy atom. The molecule has 0 aromatic heterocycles. The van der Waals surface area contributed by atoms with Gasteiger partial charge in [-0.2, -0.15) is 6.08 Å². The van der Waals surface area contributed by atoms with Crippen molar-refractivity contribution in [1.29, 1.82) is 0 Å². The summed E-state index contributed by atoms with van der Waals surface area (Å²) in [6.07, 6.45) is 12.2. The summed E-state index contributed by atoms with van der Waals surface area (Å²) in [7, 11) is 0. The zero-order valence-electron chi connectivity index (χ0n) is 40.2. The van der Waals surface area contributed by atoms with E-state index in [4.69, 9.17) is 0 Å². The number of fused-ring (bicyclic) bond motifs is 3. The second-order valence-electron chi connectivity index (χ2n) is 19.4. The van der Waals surface area contributed by atoms with Crippen molar-refractivity contribution in [2.45, 2.75) is 71.6 Å². The van der Waals surface area contributed by atoms with E-state index >= 15 is 0 Å². The number of hydrogen-bond acceptors (Lipinski definition) is 0. The third kappa shape index (κ3) is 12.7. The van der Waals surface area contributed by atoms with E-state index < -0.39 is 0 Å². The molecule has 0 unspecified atom stereocenters. The maximum absolute atomic E-state index is 2.99. The fraction of sp³-hybridized carbons (Fsp3) is 0.169. The molecule has 0 nitrogen and oxygen atoms in total. The van der Waals surface area contributed by atoms with Crippen molar-refractivity contribution in [3.8, 4) is 44.5 Å². The van der Waals surface area contributed by atoms with Gasteiger partial charge in [-0.1, -0.05) is 163 Å². The molecule has 340 valence electrons. The Morgan fingerprint density at radius 2 is 0.809 bits per heavy atom. The molecule has 0 atom stereocenters. The van der Waals surface area contributed by atoms with Crippen molar-refractivity contribution in [2.24, 2.45) is 0 Å². The van der Waals surface area contributed by atoms with Crippen LogP contribution >= 0.6 is 24.8 Å². The summed E-state index contributed by atoms with van der Waals surface area (Å²) in [6.45, 7) is 14.0. The zero-order chi connectivity index (χ0) is 46.1. The summed E-state index contributed by atoms with van der Waals surface area (Å²) in [4.78, 5) is 0. The van der Waals surface area contributed by atoms with E-state index in [1.807, 2.05) is 12.2 Å². The van der Waals surface area contributed by atoms with Crippen molar-refractivity contribution < 1.29 is 24.2 Å². The minimum atomic E-state index is -0.0294. The quantitative estimate of drug-likeness (QED) is 0.133.